The van der Waals surface area contributed by atoms with Crippen LogP contribution in [-0.4, -0.2) is 12.5 Å². The Balaban J connectivity index is 2.17. The summed E-state index contributed by atoms with van der Waals surface area (Å²) in [5.74, 6) is -0.404. The lowest BCUT2D eigenvalue weighted by atomic mass is 10.1. The molecule has 152 valence electrons. The van der Waals surface area contributed by atoms with E-state index < -0.39 is 22.7 Å². The summed E-state index contributed by atoms with van der Waals surface area (Å²) in [4.78, 5) is 12.4. The Hall–Kier alpha value is -1.63. The number of carbonyl (C=O) groups is 1. The molecule has 0 aliphatic rings. The van der Waals surface area contributed by atoms with Gasteiger partial charge in [0.2, 0.25) is 0 Å². The third kappa shape index (κ3) is 5.93. The summed E-state index contributed by atoms with van der Waals surface area (Å²) >= 11 is 17.9. The number of nitrogens with one attached hydrogen (secondary N) is 1. The monoisotopic (exact) mass is 453 g/mol. The lowest BCUT2D eigenvalue weighted by molar-refractivity contribution is -0.137. The zero-order valence-electron chi connectivity index (χ0n) is 14.8. The molecule has 0 aromatic heterocycles. The summed E-state index contributed by atoms with van der Waals surface area (Å²) in [5.41, 5.74) is -1.02. The molecule has 0 atom stereocenters. The second kappa shape index (κ2) is 9.72. The van der Waals surface area contributed by atoms with Crippen molar-refractivity contribution in [2.45, 2.75) is 32.4 Å². The van der Waals surface area contributed by atoms with E-state index in [1.165, 1.54) is 18.2 Å². The highest BCUT2D eigenvalue weighted by Crippen LogP contribution is 2.37. The van der Waals surface area contributed by atoms with Crippen LogP contribution in [0.5, 0.6) is 5.75 Å². The van der Waals surface area contributed by atoms with E-state index in [4.69, 9.17) is 39.5 Å². The molecule has 0 aliphatic carbocycles. The molecule has 1 N–H and O–H groups in total. The van der Waals surface area contributed by atoms with Crippen molar-refractivity contribution in [1.82, 2.24) is 0 Å². The molecule has 28 heavy (non-hydrogen) atoms. The minimum absolute atomic E-state index is 0.0612. The van der Waals surface area contributed by atoms with Gasteiger partial charge in [-0.2, -0.15) is 13.2 Å². The van der Waals surface area contributed by atoms with Gasteiger partial charge in [0.15, 0.2) is 5.75 Å². The SMILES string of the molecule is CCCCCOc1c(Cl)cc(C(=O)Nc2ccc(Cl)c(C(F)(F)F)c2)cc1Cl. The van der Waals surface area contributed by atoms with E-state index in [1.807, 2.05) is 0 Å². The average Bonchev–Trinajstić information content (AvgIpc) is 2.61. The van der Waals surface area contributed by atoms with Crippen LogP contribution in [0.2, 0.25) is 15.1 Å². The van der Waals surface area contributed by atoms with Gasteiger partial charge in [-0.25, -0.2) is 0 Å². The number of hydrogen-bond donors (Lipinski definition) is 1. The number of ether oxygens (including phenoxy) is 1. The lowest BCUT2D eigenvalue weighted by Gasteiger charge is -2.13. The number of alkyl halides is 3. The van der Waals surface area contributed by atoms with Crippen LogP contribution in [0.25, 0.3) is 0 Å². The highest BCUT2D eigenvalue weighted by Gasteiger charge is 2.33. The number of halogens is 6. The highest BCUT2D eigenvalue weighted by atomic mass is 35.5. The van der Waals surface area contributed by atoms with Crippen LogP contribution < -0.4 is 10.1 Å². The smallest absolute Gasteiger partial charge is 0.417 e. The molecule has 0 fully saturated rings. The number of amides is 1. The Morgan fingerprint density at radius 1 is 1.04 bits per heavy atom. The van der Waals surface area contributed by atoms with E-state index in [2.05, 4.69) is 12.2 Å². The van der Waals surface area contributed by atoms with E-state index in [0.29, 0.717) is 6.61 Å². The minimum Gasteiger partial charge on any atom is -0.490 e. The van der Waals surface area contributed by atoms with Crippen molar-refractivity contribution in [2.24, 2.45) is 0 Å². The summed E-state index contributed by atoms with van der Waals surface area (Å²) in [6.07, 6.45) is -1.77. The topological polar surface area (TPSA) is 38.3 Å². The van der Waals surface area contributed by atoms with Gasteiger partial charge in [-0.3, -0.25) is 4.79 Å². The first-order chi connectivity index (χ1) is 13.1. The molecule has 0 spiro atoms. The van der Waals surface area contributed by atoms with Gasteiger partial charge in [0.1, 0.15) is 0 Å². The van der Waals surface area contributed by atoms with Crippen molar-refractivity contribution < 1.29 is 22.7 Å². The molecule has 2 aromatic carbocycles. The normalized spacial score (nSPS) is 11.4. The van der Waals surface area contributed by atoms with Crippen LogP contribution in [0.1, 0.15) is 42.1 Å². The third-order valence-electron chi connectivity index (χ3n) is 3.78. The first-order valence-electron chi connectivity index (χ1n) is 8.43. The van der Waals surface area contributed by atoms with Crippen LogP contribution in [0.4, 0.5) is 18.9 Å². The fraction of sp³-hybridized carbons (Fsp3) is 0.316. The first kappa shape index (κ1) is 22.7. The molecule has 0 saturated heterocycles. The summed E-state index contributed by atoms with van der Waals surface area (Å²) in [7, 11) is 0. The van der Waals surface area contributed by atoms with E-state index in [1.54, 1.807) is 0 Å². The summed E-state index contributed by atoms with van der Waals surface area (Å²) in [5, 5.41) is 2.20. The Bertz CT molecular complexity index is 834. The second-order valence-corrected chi connectivity index (χ2v) is 7.19. The van der Waals surface area contributed by atoms with E-state index in [-0.39, 0.29) is 27.0 Å². The molecule has 0 bridgehead atoms. The zero-order valence-corrected chi connectivity index (χ0v) is 17.1. The molecule has 0 heterocycles. The van der Waals surface area contributed by atoms with Crippen molar-refractivity contribution in [3.05, 3.63) is 56.5 Å². The van der Waals surface area contributed by atoms with Gasteiger partial charge in [0.05, 0.1) is 27.2 Å². The molecule has 2 rings (SSSR count). The van der Waals surface area contributed by atoms with Gasteiger partial charge >= 0.3 is 6.18 Å². The summed E-state index contributed by atoms with van der Waals surface area (Å²) in [6, 6.07) is 5.78. The van der Waals surface area contributed by atoms with Gasteiger partial charge in [-0.1, -0.05) is 54.6 Å². The molecule has 9 heteroatoms. The maximum Gasteiger partial charge on any atom is 0.417 e. The van der Waals surface area contributed by atoms with Crippen LogP contribution in [0, 0.1) is 0 Å². The van der Waals surface area contributed by atoms with E-state index >= 15 is 0 Å². The highest BCUT2D eigenvalue weighted by molar-refractivity contribution is 6.37. The average molecular weight is 455 g/mol. The Morgan fingerprint density at radius 2 is 1.68 bits per heavy atom. The Morgan fingerprint density at radius 3 is 2.25 bits per heavy atom. The van der Waals surface area contributed by atoms with Gasteiger partial charge in [-0.15, -0.1) is 0 Å². The van der Waals surface area contributed by atoms with Crippen LogP contribution in [0.15, 0.2) is 30.3 Å². The van der Waals surface area contributed by atoms with Crippen molar-refractivity contribution in [3.8, 4) is 5.75 Å². The molecule has 2 aromatic rings. The van der Waals surface area contributed by atoms with Gasteiger partial charge < -0.3 is 10.1 Å². The van der Waals surface area contributed by atoms with Gasteiger partial charge in [0, 0.05) is 11.3 Å². The van der Waals surface area contributed by atoms with Crippen LogP contribution in [0.3, 0.4) is 0 Å². The van der Waals surface area contributed by atoms with Crippen molar-refractivity contribution in [2.75, 3.05) is 11.9 Å². The lowest BCUT2D eigenvalue weighted by Crippen LogP contribution is -2.14. The first-order valence-corrected chi connectivity index (χ1v) is 9.56. The predicted molar refractivity (Wildman–Crippen MR) is 106 cm³/mol. The Kier molecular flexibility index (Phi) is 7.87. The minimum atomic E-state index is -4.64. The third-order valence-corrected chi connectivity index (χ3v) is 4.68. The molecule has 0 saturated carbocycles. The number of carbonyl (C=O) groups excluding carboxylic acids is 1. The van der Waals surface area contributed by atoms with Gasteiger partial charge in [-0.05, 0) is 36.8 Å². The molecule has 0 aliphatic heterocycles. The number of benzene rings is 2. The van der Waals surface area contributed by atoms with E-state index in [0.717, 1.165) is 31.4 Å². The molecular weight excluding hydrogens is 438 g/mol. The van der Waals surface area contributed by atoms with Gasteiger partial charge in [0.25, 0.3) is 5.91 Å². The quantitative estimate of drug-likeness (QED) is 0.440. The summed E-state index contributed by atoms with van der Waals surface area (Å²) in [6.45, 7) is 2.50. The number of hydrogen-bond acceptors (Lipinski definition) is 2. The van der Waals surface area contributed by atoms with Crippen LogP contribution >= 0.6 is 34.8 Å². The van der Waals surface area contributed by atoms with Crippen molar-refractivity contribution in [3.63, 3.8) is 0 Å². The van der Waals surface area contributed by atoms with Crippen molar-refractivity contribution in [1.29, 1.82) is 0 Å². The molecule has 0 unspecified atom stereocenters. The molecule has 3 nitrogen and oxygen atoms in total. The van der Waals surface area contributed by atoms with E-state index in [9.17, 15) is 18.0 Å². The maximum absolute atomic E-state index is 12.9. The summed E-state index contributed by atoms with van der Waals surface area (Å²) < 4.78 is 44.4. The molecule has 0 radical (unpaired) electrons. The predicted octanol–water partition coefficient (Wildman–Crippen LogP) is 7.49. The van der Waals surface area contributed by atoms with Crippen LogP contribution in [-0.2, 0) is 6.18 Å². The fourth-order valence-electron chi connectivity index (χ4n) is 2.38. The zero-order chi connectivity index (χ0) is 20.9. The van der Waals surface area contributed by atoms with Crippen molar-refractivity contribution >= 4 is 46.4 Å². The number of unbranched alkanes of at least 4 members (excludes halogenated alkanes) is 2. The second-order valence-electron chi connectivity index (χ2n) is 5.97. The fourth-order valence-corrected chi connectivity index (χ4v) is 3.20. The number of anilines is 1. The maximum atomic E-state index is 12.9. The molecule has 1 amide bonds. The number of rotatable bonds is 7. The standard InChI is InChI=1S/C19H17Cl3F3NO2/c1-2-3-4-7-28-17-15(21)8-11(9-16(17)22)18(27)26-12-5-6-14(20)13(10-12)19(23,24)25/h5-6,8-10H,2-4,7H2,1H3,(H,26,27). The largest absolute Gasteiger partial charge is 0.490 e. The Labute approximate surface area is 175 Å². The molecular formula is C19H17Cl3F3NO2.